The number of furan rings is 1. The van der Waals surface area contributed by atoms with E-state index in [1.807, 2.05) is 55.6 Å². The number of thiophene rings is 1. The molecule has 0 saturated carbocycles. The maximum absolute atomic E-state index is 7.81. The van der Waals surface area contributed by atoms with Gasteiger partial charge in [0, 0.05) is 55.7 Å². The Morgan fingerprint density at radius 3 is 2.46 bits per heavy atom. The Bertz CT molecular complexity index is 2120. The fourth-order valence-corrected chi connectivity index (χ4v) is 5.31. The molecular formula is C34H26IrN2OS-2. The molecular weight excluding hydrogens is 677 g/mol. The molecule has 3 aromatic carbocycles. The van der Waals surface area contributed by atoms with Crippen LogP contribution in [-0.2, 0) is 20.1 Å². The first-order valence-corrected chi connectivity index (χ1v) is 12.9. The molecule has 0 aliphatic rings. The Labute approximate surface area is 254 Å². The fraction of sp³-hybridized carbons (Fsp3) is 0.118. The fourth-order valence-electron chi connectivity index (χ4n) is 4.37. The van der Waals surface area contributed by atoms with Gasteiger partial charge in [0.1, 0.15) is 5.58 Å². The van der Waals surface area contributed by atoms with Gasteiger partial charge in [0.15, 0.2) is 0 Å². The molecule has 195 valence electrons. The minimum atomic E-state index is -2.59. The Morgan fingerprint density at radius 2 is 1.69 bits per heavy atom. The minimum Gasteiger partial charge on any atom is -0.501 e. The van der Waals surface area contributed by atoms with Crippen LogP contribution in [0.4, 0.5) is 0 Å². The third kappa shape index (κ3) is 5.44. The number of aromatic nitrogens is 2. The van der Waals surface area contributed by atoms with Crippen LogP contribution in [0.3, 0.4) is 0 Å². The standard InChI is InChI=1S/C22H16NOS.C12H10N.Ir/c1-12-7-19(23-11-13(12)2)17-6-4-5-16-18-10-21-15(8-14(3)25-21)9-20(18)24-22(16)17;1-10-7-8-12(13-9-10)11-5-3-2-4-6-11;/h4-5,7-11H,1-3H3;2-5,7-9H,1H3;/q2*-1;/i1D3,2D3;;. The average molecular weight is 709 g/mol. The van der Waals surface area contributed by atoms with Crippen molar-refractivity contribution in [3.05, 3.63) is 119 Å². The third-order valence-corrected chi connectivity index (χ3v) is 7.26. The summed E-state index contributed by atoms with van der Waals surface area (Å²) in [5.74, 6) is 0. The van der Waals surface area contributed by atoms with Crippen LogP contribution in [0.5, 0.6) is 0 Å². The van der Waals surface area contributed by atoms with E-state index >= 15 is 0 Å². The van der Waals surface area contributed by atoms with E-state index in [9.17, 15) is 0 Å². The summed E-state index contributed by atoms with van der Waals surface area (Å²) in [7, 11) is 0. The van der Waals surface area contributed by atoms with Crippen LogP contribution >= 0.6 is 11.3 Å². The summed E-state index contributed by atoms with van der Waals surface area (Å²) in [6.45, 7) is -1.07. The summed E-state index contributed by atoms with van der Waals surface area (Å²) < 4.78 is 53.7. The van der Waals surface area contributed by atoms with Crippen LogP contribution < -0.4 is 0 Å². The van der Waals surface area contributed by atoms with Gasteiger partial charge in [-0.25, -0.2) is 0 Å². The summed E-state index contributed by atoms with van der Waals surface area (Å²) in [5.41, 5.74) is 4.75. The van der Waals surface area contributed by atoms with Gasteiger partial charge in [0.25, 0.3) is 0 Å². The zero-order chi connectivity index (χ0) is 31.2. The summed E-state index contributed by atoms with van der Waals surface area (Å²) in [5, 5.41) is 2.92. The molecule has 0 unspecified atom stereocenters. The molecule has 0 saturated heterocycles. The number of nitrogens with zero attached hydrogens (tertiary/aromatic N) is 2. The first kappa shape index (κ1) is 20.3. The van der Waals surface area contributed by atoms with E-state index in [0.717, 1.165) is 43.9 Å². The van der Waals surface area contributed by atoms with Gasteiger partial charge in [0.05, 0.1) is 5.58 Å². The van der Waals surface area contributed by atoms with Crippen molar-refractivity contribution in [2.24, 2.45) is 0 Å². The topological polar surface area (TPSA) is 38.9 Å². The number of benzene rings is 3. The Balaban J connectivity index is 0.000000240. The molecule has 3 nitrogen and oxygen atoms in total. The second-order valence-electron chi connectivity index (χ2n) is 9.05. The van der Waals surface area contributed by atoms with Gasteiger partial charge in [0.2, 0.25) is 0 Å². The van der Waals surface area contributed by atoms with Crippen LogP contribution in [0.25, 0.3) is 54.5 Å². The van der Waals surface area contributed by atoms with Crippen molar-refractivity contribution < 1.29 is 32.7 Å². The molecule has 1 radical (unpaired) electrons. The molecule has 0 atom stereocenters. The van der Waals surface area contributed by atoms with Gasteiger partial charge in [-0.2, -0.15) is 0 Å². The number of pyridine rings is 2. The third-order valence-electron chi connectivity index (χ3n) is 6.25. The molecule has 5 heteroatoms. The molecule has 7 aromatic rings. The molecule has 0 spiro atoms. The van der Waals surface area contributed by atoms with Gasteiger partial charge < -0.3 is 14.4 Å². The Morgan fingerprint density at radius 1 is 0.821 bits per heavy atom. The first-order valence-electron chi connectivity index (χ1n) is 15.1. The van der Waals surface area contributed by atoms with Gasteiger partial charge in [-0.3, -0.25) is 0 Å². The predicted molar refractivity (Wildman–Crippen MR) is 159 cm³/mol. The summed E-state index contributed by atoms with van der Waals surface area (Å²) in [6, 6.07) is 29.3. The minimum absolute atomic E-state index is 0. The number of fused-ring (bicyclic) bond motifs is 4. The number of hydrogen-bond acceptors (Lipinski definition) is 4. The summed E-state index contributed by atoms with van der Waals surface area (Å²) >= 11 is 1.71. The van der Waals surface area contributed by atoms with Crippen molar-refractivity contribution in [3.8, 4) is 22.5 Å². The molecule has 4 aromatic heterocycles. The van der Waals surface area contributed by atoms with Crippen molar-refractivity contribution in [2.45, 2.75) is 27.6 Å². The van der Waals surface area contributed by atoms with Gasteiger partial charge in [-0.05, 0) is 73.7 Å². The average Bonchev–Trinajstić information content (AvgIpc) is 3.54. The van der Waals surface area contributed by atoms with E-state index in [1.54, 1.807) is 17.4 Å². The molecule has 0 bridgehead atoms. The monoisotopic (exact) mass is 709 g/mol. The molecule has 0 aliphatic carbocycles. The van der Waals surface area contributed by atoms with Crippen molar-refractivity contribution in [3.63, 3.8) is 0 Å². The molecule has 0 aliphatic heterocycles. The first-order chi connectivity index (χ1) is 20.9. The molecule has 39 heavy (non-hydrogen) atoms. The molecule has 7 rings (SSSR count). The normalized spacial score (nSPS) is 13.8. The van der Waals surface area contributed by atoms with Crippen molar-refractivity contribution in [1.82, 2.24) is 9.97 Å². The second-order valence-corrected chi connectivity index (χ2v) is 10.3. The van der Waals surface area contributed by atoms with E-state index in [0.29, 0.717) is 16.8 Å². The summed E-state index contributed by atoms with van der Waals surface area (Å²) in [4.78, 5) is 9.80. The van der Waals surface area contributed by atoms with Crippen molar-refractivity contribution in [2.75, 3.05) is 0 Å². The maximum Gasteiger partial charge on any atom is 0.121 e. The van der Waals surface area contributed by atoms with Crippen LogP contribution in [0.2, 0.25) is 0 Å². The van der Waals surface area contributed by atoms with E-state index < -0.39 is 13.7 Å². The zero-order valence-electron chi connectivity index (χ0n) is 27.1. The van der Waals surface area contributed by atoms with E-state index in [1.165, 1.54) is 16.5 Å². The predicted octanol–water partition coefficient (Wildman–Crippen LogP) is 9.44. The quantitative estimate of drug-likeness (QED) is 0.168. The number of aryl methyl sites for hydroxylation is 4. The van der Waals surface area contributed by atoms with Crippen LogP contribution in [0.15, 0.2) is 89.6 Å². The molecule has 0 amide bonds. The van der Waals surface area contributed by atoms with Crippen molar-refractivity contribution >= 4 is 43.4 Å². The second kappa shape index (κ2) is 11.2. The van der Waals surface area contributed by atoms with Gasteiger partial charge in [-0.15, -0.1) is 65.4 Å². The van der Waals surface area contributed by atoms with E-state index in [2.05, 4.69) is 47.2 Å². The smallest absolute Gasteiger partial charge is 0.121 e. The largest absolute Gasteiger partial charge is 0.501 e. The van der Waals surface area contributed by atoms with E-state index in [-0.39, 0.29) is 31.2 Å². The SMILES string of the molecule is Cc1ccc(-c2[c-]cccc2)nc1.[2H]C([2H])([2H])c1cnc(-c2[c-]ccc3c2oc2cc4cc(C)sc4cc23)cc1C([2H])([2H])[2H].[Ir]. The van der Waals surface area contributed by atoms with Crippen molar-refractivity contribution in [1.29, 1.82) is 0 Å². The van der Waals surface area contributed by atoms with E-state index in [4.69, 9.17) is 12.6 Å². The zero-order valence-corrected chi connectivity index (χ0v) is 24.3. The summed E-state index contributed by atoms with van der Waals surface area (Å²) in [6.07, 6.45) is 2.99. The van der Waals surface area contributed by atoms with Crippen LogP contribution in [0, 0.1) is 39.7 Å². The number of rotatable bonds is 2. The van der Waals surface area contributed by atoms with Crippen LogP contribution in [0.1, 0.15) is 29.8 Å². The number of hydrogen-bond donors (Lipinski definition) is 0. The van der Waals surface area contributed by atoms with Gasteiger partial charge >= 0.3 is 0 Å². The van der Waals surface area contributed by atoms with Gasteiger partial charge in [-0.1, -0.05) is 34.7 Å². The molecule has 0 N–H and O–H groups in total. The maximum atomic E-state index is 7.81. The Kier molecular flexibility index (Phi) is 5.85. The molecule has 4 heterocycles. The van der Waals surface area contributed by atoms with Crippen LogP contribution in [-0.4, -0.2) is 9.97 Å². The Hall–Kier alpha value is -3.63. The molecule has 0 fully saturated rings.